The first-order valence-corrected chi connectivity index (χ1v) is 9.13. The maximum Gasteiger partial charge on any atom is 0.222 e. The summed E-state index contributed by atoms with van der Waals surface area (Å²) < 4.78 is 0. The van der Waals surface area contributed by atoms with Gasteiger partial charge in [-0.3, -0.25) is 4.79 Å². The van der Waals surface area contributed by atoms with Crippen LogP contribution in [-0.2, 0) is 4.79 Å². The van der Waals surface area contributed by atoms with Gasteiger partial charge in [0.15, 0.2) is 0 Å². The molecule has 122 valence electrons. The Morgan fingerprint density at radius 3 is 2.48 bits per heavy atom. The van der Waals surface area contributed by atoms with Crippen LogP contribution in [0.25, 0.3) is 0 Å². The molecule has 1 aliphatic carbocycles. The second kappa shape index (κ2) is 8.17. The van der Waals surface area contributed by atoms with Gasteiger partial charge in [-0.25, -0.2) is 0 Å². The van der Waals surface area contributed by atoms with Crippen LogP contribution in [0.3, 0.4) is 0 Å². The number of nitrogens with zero attached hydrogens (tertiary/aromatic N) is 1. The van der Waals surface area contributed by atoms with Crippen LogP contribution in [0.15, 0.2) is 0 Å². The first-order valence-electron chi connectivity index (χ1n) is 9.13. The summed E-state index contributed by atoms with van der Waals surface area (Å²) in [4.78, 5) is 14.4. The molecule has 1 N–H and O–H groups in total. The molecule has 0 aromatic rings. The molecule has 2 rings (SSSR count). The smallest absolute Gasteiger partial charge is 0.222 e. The zero-order valence-corrected chi connectivity index (χ0v) is 14.2. The molecule has 2 atom stereocenters. The molecule has 0 aromatic heterocycles. The van der Waals surface area contributed by atoms with E-state index >= 15 is 0 Å². The van der Waals surface area contributed by atoms with Crippen molar-refractivity contribution in [2.45, 2.75) is 71.8 Å². The number of hydrogen-bond donors (Lipinski definition) is 1. The van der Waals surface area contributed by atoms with Crippen LogP contribution in [-0.4, -0.2) is 36.5 Å². The van der Waals surface area contributed by atoms with Crippen LogP contribution in [0.1, 0.15) is 65.7 Å². The average Bonchev–Trinajstić information content (AvgIpc) is 2.86. The predicted octanol–water partition coefficient (Wildman–Crippen LogP) is 3.44. The SMILES string of the molecule is CCCNC(CN1CC(C(C)C)CC1=O)C1CCCCC1. The first-order chi connectivity index (χ1) is 10.1. The Kier molecular flexibility index (Phi) is 6.53. The Labute approximate surface area is 130 Å². The number of hydrogen-bond acceptors (Lipinski definition) is 2. The van der Waals surface area contributed by atoms with Gasteiger partial charge in [0.2, 0.25) is 5.91 Å². The fourth-order valence-electron chi connectivity index (χ4n) is 3.91. The molecule has 0 aromatic carbocycles. The van der Waals surface area contributed by atoms with E-state index in [1.165, 1.54) is 38.5 Å². The van der Waals surface area contributed by atoms with Crippen molar-refractivity contribution in [2.75, 3.05) is 19.6 Å². The average molecular weight is 294 g/mol. The number of nitrogens with one attached hydrogen (secondary N) is 1. The summed E-state index contributed by atoms with van der Waals surface area (Å²) in [6.45, 7) is 9.71. The van der Waals surface area contributed by atoms with Crippen molar-refractivity contribution >= 4 is 5.91 Å². The highest BCUT2D eigenvalue weighted by molar-refractivity contribution is 5.78. The van der Waals surface area contributed by atoms with E-state index in [1.54, 1.807) is 0 Å². The van der Waals surface area contributed by atoms with E-state index in [9.17, 15) is 4.79 Å². The lowest BCUT2D eigenvalue weighted by atomic mass is 9.83. The van der Waals surface area contributed by atoms with E-state index in [0.29, 0.717) is 23.8 Å². The zero-order chi connectivity index (χ0) is 15.2. The lowest BCUT2D eigenvalue weighted by molar-refractivity contribution is -0.128. The Hall–Kier alpha value is -0.570. The van der Waals surface area contributed by atoms with Crippen molar-refractivity contribution in [1.82, 2.24) is 10.2 Å². The summed E-state index contributed by atoms with van der Waals surface area (Å²) in [5.74, 6) is 2.34. The molecule has 0 bridgehead atoms. The zero-order valence-electron chi connectivity index (χ0n) is 14.2. The maximum atomic E-state index is 12.3. The van der Waals surface area contributed by atoms with Crippen LogP contribution >= 0.6 is 0 Å². The minimum Gasteiger partial charge on any atom is -0.341 e. The van der Waals surface area contributed by atoms with E-state index in [2.05, 4.69) is 31.0 Å². The fraction of sp³-hybridized carbons (Fsp3) is 0.944. The van der Waals surface area contributed by atoms with Crippen molar-refractivity contribution in [3.8, 4) is 0 Å². The molecule has 0 spiro atoms. The summed E-state index contributed by atoms with van der Waals surface area (Å²) >= 11 is 0. The highest BCUT2D eigenvalue weighted by Crippen LogP contribution is 2.29. The van der Waals surface area contributed by atoms with E-state index < -0.39 is 0 Å². The molecule has 3 heteroatoms. The molecule has 3 nitrogen and oxygen atoms in total. The number of likely N-dealkylation sites (tertiary alicyclic amines) is 1. The van der Waals surface area contributed by atoms with Crippen molar-refractivity contribution in [1.29, 1.82) is 0 Å². The summed E-state index contributed by atoms with van der Waals surface area (Å²) in [5.41, 5.74) is 0. The molecule has 1 saturated carbocycles. The van der Waals surface area contributed by atoms with E-state index in [1.807, 2.05) is 0 Å². The van der Waals surface area contributed by atoms with Crippen LogP contribution < -0.4 is 5.32 Å². The van der Waals surface area contributed by atoms with E-state index in [4.69, 9.17) is 0 Å². The Balaban J connectivity index is 1.92. The molecule has 2 unspecified atom stereocenters. The number of amides is 1. The lowest BCUT2D eigenvalue weighted by Crippen LogP contribution is -2.47. The second-order valence-electron chi connectivity index (χ2n) is 7.47. The monoisotopic (exact) mass is 294 g/mol. The number of rotatable bonds is 7. The van der Waals surface area contributed by atoms with E-state index in [-0.39, 0.29) is 0 Å². The minimum atomic E-state index is 0.382. The fourth-order valence-corrected chi connectivity index (χ4v) is 3.91. The minimum absolute atomic E-state index is 0.382. The van der Waals surface area contributed by atoms with Crippen LogP contribution in [0.4, 0.5) is 0 Å². The van der Waals surface area contributed by atoms with Crippen molar-refractivity contribution in [3.63, 3.8) is 0 Å². The van der Waals surface area contributed by atoms with Gasteiger partial charge in [0, 0.05) is 25.6 Å². The van der Waals surface area contributed by atoms with Gasteiger partial charge >= 0.3 is 0 Å². The Morgan fingerprint density at radius 2 is 1.90 bits per heavy atom. The predicted molar refractivity (Wildman–Crippen MR) is 88.2 cm³/mol. The van der Waals surface area contributed by atoms with Gasteiger partial charge in [-0.2, -0.15) is 0 Å². The van der Waals surface area contributed by atoms with Gasteiger partial charge in [0.25, 0.3) is 0 Å². The highest BCUT2D eigenvalue weighted by atomic mass is 16.2. The van der Waals surface area contributed by atoms with Gasteiger partial charge in [-0.1, -0.05) is 40.0 Å². The first kappa shape index (κ1) is 16.8. The summed E-state index contributed by atoms with van der Waals surface area (Å²) in [7, 11) is 0. The maximum absolute atomic E-state index is 12.3. The topological polar surface area (TPSA) is 32.3 Å². The lowest BCUT2D eigenvalue weighted by Gasteiger charge is -2.34. The normalized spacial score (nSPS) is 25.8. The van der Waals surface area contributed by atoms with Gasteiger partial charge in [0.1, 0.15) is 0 Å². The number of carbonyl (C=O) groups is 1. The van der Waals surface area contributed by atoms with Gasteiger partial charge in [-0.05, 0) is 43.6 Å². The molecule has 1 aliphatic heterocycles. The molecule has 0 radical (unpaired) electrons. The van der Waals surface area contributed by atoms with Crippen LogP contribution in [0.2, 0.25) is 0 Å². The molecular weight excluding hydrogens is 260 g/mol. The van der Waals surface area contributed by atoms with Crippen molar-refractivity contribution < 1.29 is 4.79 Å². The van der Waals surface area contributed by atoms with Crippen LogP contribution in [0, 0.1) is 17.8 Å². The second-order valence-corrected chi connectivity index (χ2v) is 7.47. The number of carbonyl (C=O) groups excluding carboxylic acids is 1. The third kappa shape index (κ3) is 4.70. The standard InChI is InChI=1S/C18H34N2O/c1-4-10-19-17(15-8-6-5-7-9-15)13-20-12-16(14(2)3)11-18(20)21/h14-17,19H,4-13H2,1-3H3. The Morgan fingerprint density at radius 1 is 1.19 bits per heavy atom. The summed E-state index contributed by atoms with van der Waals surface area (Å²) in [5, 5.41) is 3.74. The highest BCUT2D eigenvalue weighted by Gasteiger charge is 2.34. The van der Waals surface area contributed by atoms with Crippen molar-refractivity contribution in [2.24, 2.45) is 17.8 Å². The van der Waals surface area contributed by atoms with E-state index in [0.717, 1.165) is 32.0 Å². The largest absolute Gasteiger partial charge is 0.341 e. The van der Waals surface area contributed by atoms with Gasteiger partial charge < -0.3 is 10.2 Å². The molecular formula is C18H34N2O. The van der Waals surface area contributed by atoms with Crippen molar-refractivity contribution in [3.05, 3.63) is 0 Å². The molecule has 1 saturated heterocycles. The van der Waals surface area contributed by atoms with Crippen LogP contribution in [0.5, 0.6) is 0 Å². The summed E-state index contributed by atoms with van der Waals surface area (Å²) in [6.07, 6.45) is 8.77. The molecule has 21 heavy (non-hydrogen) atoms. The molecule has 1 amide bonds. The summed E-state index contributed by atoms with van der Waals surface area (Å²) in [6, 6.07) is 0.514. The molecule has 1 heterocycles. The molecule has 2 aliphatic rings. The quantitative estimate of drug-likeness (QED) is 0.780. The molecule has 2 fully saturated rings. The third-order valence-corrected chi connectivity index (χ3v) is 5.48. The third-order valence-electron chi connectivity index (χ3n) is 5.48. The van der Waals surface area contributed by atoms with Gasteiger partial charge in [-0.15, -0.1) is 0 Å². The van der Waals surface area contributed by atoms with Gasteiger partial charge in [0.05, 0.1) is 0 Å². The Bertz CT molecular complexity index is 323.